The van der Waals surface area contributed by atoms with Crippen LogP contribution in [0, 0.1) is 36.8 Å². The Labute approximate surface area is 108 Å². The van der Waals surface area contributed by atoms with Gasteiger partial charge in [0.25, 0.3) is 5.56 Å². The molecule has 1 aromatic carbocycles. The maximum Gasteiger partial charge on any atom is 0.266 e. The highest BCUT2D eigenvalue weighted by molar-refractivity contribution is 5.73. The van der Waals surface area contributed by atoms with Gasteiger partial charge in [0.05, 0.1) is 0 Å². The van der Waals surface area contributed by atoms with Crippen molar-refractivity contribution in [2.75, 3.05) is 0 Å². The zero-order chi connectivity index (χ0) is 14.2. The van der Waals surface area contributed by atoms with Crippen LogP contribution in [-0.4, -0.2) is 4.98 Å². The van der Waals surface area contributed by atoms with E-state index in [2.05, 4.69) is 4.98 Å². The Morgan fingerprint density at radius 2 is 1.84 bits per heavy atom. The Kier molecular flexibility index (Phi) is 3.17. The number of pyridine rings is 1. The standard InChI is InChI=1S/C14H10F2N2O/c1-7-3-11(12(6-17)14(19)18-7)10-4-9(15)5-13(16)8(10)2/h3-5H,1-2H3,(H,18,19). The molecule has 5 heteroatoms. The normalized spacial score (nSPS) is 10.3. The summed E-state index contributed by atoms with van der Waals surface area (Å²) in [6.45, 7) is 3.11. The first-order valence-electron chi connectivity index (χ1n) is 5.54. The lowest BCUT2D eigenvalue weighted by atomic mass is 9.96. The van der Waals surface area contributed by atoms with Gasteiger partial charge in [0.15, 0.2) is 0 Å². The van der Waals surface area contributed by atoms with Crippen molar-refractivity contribution in [3.63, 3.8) is 0 Å². The minimum atomic E-state index is -0.750. The molecule has 0 aliphatic carbocycles. The summed E-state index contributed by atoms with van der Waals surface area (Å²) in [4.78, 5) is 14.2. The molecule has 0 saturated carbocycles. The fourth-order valence-corrected chi connectivity index (χ4v) is 1.94. The Bertz CT molecular complexity index is 757. The monoisotopic (exact) mass is 260 g/mol. The van der Waals surface area contributed by atoms with Crippen molar-refractivity contribution in [2.45, 2.75) is 13.8 Å². The van der Waals surface area contributed by atoms with Gasteiger partial charge in [0.2, 0.25) is 0 Å². The summed E-state index contributed by atoms with van der Waals surface area (Å²) in [7, 11) is 0. The molecular weight excluding hydrogens is 250 g/mol. The second-order valence-electron chi connectivity index (χ2n) is 4.24. The van der Waals surface area contributed by atoms with Crippen molar-refractivity contribution in [3.8, 4) is 17.2 Å². The zero-order valence-corrected chi connectivity index (χ0v) is 10.3. The number of nitriles is 1. The number of aromatic amines is 1. The van der Waals surface area contributed by atoms with Crippen LogP contribution in [0.15, 0.2) is 23.0 Å². The van der Waals surface area contributed by atoms with Gasteiger partial charge in [0.1, 0.15) is 23.3 Å². The highest BCUT2D eigenvalue weighted by atomic mass is 19.1. The molecule has 96 valence electrons. The summed E-state index contributed by atoms with van der Waals surface area (Å²) in [5.74, 6) is -1.46. The maximum atomic E-state index is 13.6. The predicted molar refractivity (Wildman–Crippen MR) is 66.6 cm³/mol. The van der Waals surface area contributed by atoms with Crippen LogP contribution in [0.4, 0.5) is 8.78 Å². The quantitative estimate of drug-likeness (QED) is 0.857. The molecule has 0 fully saturated rings. The number of benzene rings is 1. The Morgan fingerprint density at radius 1 is 1.16 bits per heavy atom. The summed E-state index contributed by atoms with van der Waals surface area (Å²) in [6, 6.07) is 5.18. The van der Waals surface area contributed by atoms with E-state index in [0.717, 1.165) is 12.1 Å². The number of hydrogen-bond acceptors (Lipinski definition) is 2. The summed E-state index contributed by atoms with van der Waals surface area (Å²) >= 11 is 0. The molecule has 0 amide bonds. The number of halogens is 2. The predicted octanol–water partition coefficient (Wildman–Crippen LogP) is 2.81. The summed E-state index contributed by atoms with van der Waals surface area (Å²) in [5.41, 5.74) is 0.439. The van der Waals surface area contributed by atoms with Crippen LogP contribution in [-0.2, 0) is 0 Å². The lowest BCUT2D eigenvalue weighted by Crippen LogP contribution is -2.13. The van der Waals surface area contributed by atoms with Crippen molar-refractivity contribution in [2.24, 2.45) is 0 Å². The van der Waals surface area contributed by atoms with Gasteiger partial charge in [-0.25, -0.2) is 8.78 Å². The van der Waals surface area contributed by atoms with Crippen molar-refractivity contribution < 1.29 is 8.78 Å². The van der Waals surface area contributed by atoms with E-state index in [0.29, 0.717) is 5.69 Å². The summed E-state index contributed by atoms with van der Waals surface area (Å²) in [6.07, 6.45) is 0. The second-order valence-corrected chi connectivity index (χ2v) is 4.24. The van der Waals surface area contributed by atoms with E-state index < -0.39 is 17.2 Å². The Balaban J connectivity index is 2.87. The van der Waals surface area contributed by atoms with Crippen molar-refractivity contribution >= 4 is 0 Å². The maximum absolute atomic E-state index is 13.6. The van der Waals surface area contributed by atoms with Crippen LogP contribution in [0.5, 0.6) is 0 Å². The van der Waals surface area contributed by atoms with E-state index in [-0.39, 0.29) is 22.3 Å². The first kappa shape index (κ1) is 13.0. The van der Waals surface area contributed by atoms with Gasteiger partial charge >= 0.3 is 0 Å². The largest absolute Gasteiger partial charge is 0.325 e. The lowest BCUT2D eigenvalue weighted by Gasteiger charge is -2.09. The minimum Gasteiger partial charge on any atom is -0.325 e. The molecule has 0 bridgehead atoms. The number of hydrogen-bond donors (Lipinski definition) is 1. The van der Waals surface area contributed by atoms with Crippen molar-refractivity contribution in [3.05, 3.63) is 57.0 Å². The molecule has 0 radical (unpaired) electrons. The fraction of sp³-hybridized carbons (Fsp3) is 0.143. The van der Waals surface area contributed by atoms with Crippen LogP contribution in [0.25, 0.3) is 11.1 Å². The van der Waals surface area contributed by atoms with E-state index in [1.165, 1.54) is 13.0 Å². The van der Waals surface area contributed by atoms with Gasteiger partial charge in [-0.3, -0.25) is 4.79 Å². The average Bonchev–Trinajstić information content (AvgIpc) is 2.33. The Morgan fingerprint density at radius 3 is 2.47 bits per heavy atom. The fourth-order valence-electron chi connectivity index (χ4n) is 1.94. The van der Waals surface area contributed by atoms with E-state index in [1.807, 2.05) is 0 Å². The highest BCUT2D eigenvalue weighted by Gasteiger charge is 2.15. The van der Waals surface area contributed by atoms with E-state index in [9.17, 15) is 13.6 Å². The third-order valence-corrected chi connectivity index (χ3v) is 2.88. The third kappa shape index (κ3) is 2.25. The molecule has 19 heavy (non-hydrogen) atoms. The van der Waals surface area contributed by atoms with Gasteiger partial charge in [0, 0.05) is 17.3 Å². The molecule has 0 spiro atoms. The molecule has 0 unspecified atom stereocenters. The average molecular weight is 260 g/mol. The molecule has 2 rings (SSSR count). The van der Waals surface area contributed by atoms with E-state index in [1.54, 1.807) is 13.0 Å². The number of rotatable bonds is 1. The number of nitrogens with zero attached hydrogens (tertiary/aromatic N) is 1. The number of H-pyrrole nitrogens is 1. The van der Waals surface area contributed by atoms with Crippen LogP contribution >= 0.6 is 0 Å². The number of aromatic nitrogens is 1. The molecule has 3 nitrogen and oxygen atoms in total. The van der Waals surface area contributed by atoms with Gasteiger partial charge < -0.3 is 4.98 Å². The van der Waals surface area contributed by atoms with Crippen molar-refractivity contribution in [1.82, 2.24) is 4.98 Å². The van der Waals surface area contributed by atoms with Crippen molar-refractivity contribution in [1.29, 1.82) is 5.26 Å². The minimum absolute atomic E-state index is 0.154. The molecule has 0 aliphatic heterocycles. The first-order chi connectivity index (χ1) is 8.93. The highest BCUT2D eigenvalue weighted by Crippen LogP contribution is 2.28. The van der Waals surface area contributed by atoms with Crippen LogP contribution in [0.3, 0.4) is 0 Å². The number of nitrogens with one attached hydrogen (secondary N) is 1. The smallest absolute Gasteiger partial charge is 0.266 e. The van der Waals surface area contributed by atoms with E-state index >= 15 is 0 Å². The molecule has 1 N–H and O–H groups in total. The molecule has 1 heterocycles. The van der Waals surface area contributed by atoms with Crippen LogP contribution < -0.4 is 5.56 Å². The molecule has 0 atom stereocenters. The van der Waals surface area contributed by atoms with Gasteiger partial charge in [-0.2, -0.15) is 5.26 Å². The molecule has 2 aromatic rings. The van der Waals surface area contributed by atoms with E-state index in [4.69, 9.17) is 5.26 Å². The Hall–Kier alpha value is -2.48. The molecular formula is C14H10F2N2O. The summed E-state index contributed by atoms with van der Waals surface area (Å²) in [5, 5.41) is 9.02. The molecule has 0 saturated heterocycles. The van der Waals surface area contributed by atoms with Gasteiger partial charge in [-0.15, -0.1) is 0 Å². The second kappa shape index (κ2) is 4.65. The van der Waals surface area contributed by atoms with Gasteiger partial charge in [-0.1, -0.05) is 0 Å². The van der Waals surface area contributed by atoms with Crippen LogP contribution in [0.2, 0.25) is 0 Å². The summed E-state index contributed by atoms with van der Waals surface area (Å²) < 4.78 is 26.9. The zero-order valence-electron chi connectivity index (χ0n) is 10.3. The van der Waals surface area contributed by atoms with Crippen LogP contribution in [0.1, 0.15) is 16.8 Å². The number of aryl methyl sites for hydroxylation is 1. The molecule has 0 aliphatic rings. The third-order valence-electron chi connectivity index (χ3n) is 2.88. The van der Waals surface area contributed by atoms with Gasteiger partial charge in [-0.05, 0) is 37.1 Å². The SMILES string of the molecule is Cc1cc(-c2cc(F)cc(F)c2C)c(C#N)c(=O)[nH]1. The molecule has 1 aromatic heterocycles. The topological polar surface area (TPSA) is 56.6 Å². The first-order valence-corrected chi connectivity index (χ1v) is 5.54. The lowest BCUT2D eigenvalue weighted by molar-refractivity contribution is 0.578.